The van der Waals surface area contributed by atoms with Crippen molar-refractivity contribution in [3.63, 3.8) is 0 Å². The van der Waals surface area contributed by atoms with E-state index < -0.39 is 0 Å². The molecule has 2 atom stereocenters. The molecule has 2 heteroatoms. The van der Waals surface area contributed by atoms with Crippen molar-refractivity contribution < 1.29 is 0 Å². The molecule has 3 aromatic rings. The predicted octanol–water partition coefficient (Wildman–Crippen LogP) is 6.65. The van der Waals surface area contributed by atoms with E-state index in [1.807, 2.05) is 17.8 Å². The Morgan fingerprint density at radius 1 is 0.800 bits per heavy atom. The first-order valence-electron chi connectivity index (χ1n) is 8.87. The summed E-state index contributed by atoms with van der Waals surface area (Å²) >= 11 is 2.04. The highest BCUT2D eigenvalue weighted by Gasteiger charge is 2.51. The Balaban J connectivity index is 1.57. The normalized spacial score (nSPS) is 22.2. The zero-order chi connectivity index (χ0) is 17.0. The second-order valence-electron chi connectivity index (χ2n) is 7.57. The van der Waals surface area contributed by atoms with Gasteiger partial charge in [0.2, 0.25) is 0 Å². The Morgan fingerprint density at radius 2 is 1.56 bits per heavy atom. The van der Waals surface area contributed by atoms with Crippen LogP contribution in [0.2, 0.25) is 0 Å². The average Bonchev–Trinajstić information content (AvgIpc) is 3.11. The van der Waals surface area contributed by atoms with E-state index in [0.29, 0.717) is 11.2 Å². The number of fused-ring (bicyclic) bond motifs is 5. The van der Waals surface area contributed by atoms with Crippen LogP contribution >= 0.6 is 11.8 Å². The number of nitrogens with one attached hydrogen (secondary N) is 1. The maximum absolute atomic E-state index is 3.55. The van der Waals surface area contributed by atoms with Crippen molar-refractivity contribution in [3.05, 3.63) is 89.5 Å². The molecule has 0 amide bonds. The van der Waals surface area contributed by atoms with Crippen LogP contribution in [0, 0.1) is 0 Å². The summed E-state index contributed by atoms with van der Waals surface area (Å²) in [4.78, 5) is 1.46. The molecule has 3 aromatic carbocycles. The quantitative estimate of drug-likeness (QED) is 0.559. The lowest BCUT2D eigenvalue weighted by Crippen LogP contribution is -2.21. The third-order valence-corrected chi connectivity index (χ3v) is 7.11. The van der Waals surface area contributed by atoms with Crippen LogP contribution in [0.25, 0.3) is 0 Å². The standard InChI is InChI=1S/C23H21NS/c1-23(2)19-13-12-16(24-15-8-4-3-5-9-15)14-18(19)22-21(23)17-10-6-7-11-20(17)25-22/h3-14,21-22,24H,1-2H3. The van der Waals surface area contributed by atoms with Gasteiger partial charge in [0.25, 0.3) is 0 Å². The van der Waals surface area contributed by atoms with E-state index >= 15 is 0 Å². The minimum atomic E-state index is 0.172. The van der Waals surface area contributed by atoms with E-state index in [2.05, 4.69) is 85.9 Å². The van der Waals surface area contributed by atoms with Crippen LogP contribution < -0.4 is 5.32 Å². The molecule has 0 aromatic heterocycles. The summed E-state index contributed by atoms with van der Waals surface area (Å²) in [6.45, 7) is 4.81. The van der Waals surface area contributed by atoms with E-state index in [-0.39, 0.29) is 5.41 Å². The van der Waals surface area contributed by atoms with Gasteiger partial charge in [-0.3, -0.25) is 0 Å². The van der Waals surface area contributed by atoms with Crippen molar-refractivity contribution >= 4 is 23.1 Å². The first kappa shape index (κ1) is 15.1. The van der Waals surface area contributed by atoms with E-state index in [9.17, 15) is 0 Å². The van der Waals surface area contributed by atoms with Gasteiger partial charge in [0.15, 0.2) is 0 Å². The molecule has 1 aliphatic carbocycles. The fraction of sp³-hybridized carbons (Fsp3) is 0.217. The van der Waals surface area contributed by atoms with Gasteiger partial charge >= 0.3 is 0 Å². The zero-order valence-electron chi connectivity index (χ0n) is 14.5. The molecule has 25 heavy (non-hydrogen) atoms. The van der Waals surface area contributed by atoms with Gasteiger partial charge in [0.1, 0.15) is 0 Å². The van der Waals surface area contributed by atoms with Gasteiger partial charge in [-0.05, 0) is 52.4 Å². The number of hydrogen-bond acceptors (Lipinski definition) is 2. The molecule has 1 N–H and O–H groups in total. The maximum Gasteiger partial charge on any atom is 0.0425 e. The van der Waals surface area contributed by atoms with E-state index in [0.717, 1.165) is 5.69 Å². The van der Waals surface area contributed by atoms with Crippen LogP contribution in [0.3, 0.4) is 0 Å². The first-order chi connectivity index (χ1) is 12.1. The van der Waals surface area contributed by atoms with Crippen molar-refractivity contribution in [2.45, 2.75) is 35.3 Å². The molecule has 2 unspecified atom stereocenters. The molecular formula is C23H21NS. The van der Waals surface area contributed by atoms with Gasteiger partial charge in [-0.15, -0.1) is 11.8 Å². The SMILES string of the molecule is CC1(C)c2ccc(Nc3ccccc3)cc2C2Sc3ccccc3C21. The van der Waals surface area contributed by atoms with Crippen LogP contribution in [0.15, 0.2) is 77.7 Å². The molecule has 0 saturated heterocycles. The summed E-state index contributed by atoms with van der Waals surface area (Å²) in [5.41, 5.74) is 7.01. The number of rotatable bonds is 2. The van der Waals surface area contributed by atoms with Crippen molar-refractivity contribution in [1.29, 1.82) is 0 Å². The Labute approximate surface area is 153 Å². The summed E-state index contributed by atoms with van der Waals surface area (Å²) in [6, 6.07) is 26.3. The largest absolute Gasteiger partial charge is 0.356 e. The monoisotopic (exact) mass is 343 g/mol. The Bertz CT molecular complexity index is 945. The summed E-state index contributed by atoms with van der Waals surface area (Å²) < 4.78 is 0. The smallest absolute Gasteiger partial charge is 0.0425 e. The minimum Gasteiger partial charge on any atom is -0.356 e. The molecule has 2 aliphatic rings. The lowest BCUT2D eigenvalue weighted by atomic mass is 9.75. The van der Waals surface area contributed by atoms with Crippen molar-refractivity contribution in [2.75, 3.05) is 5.32 Å². The van der Waals surface area contributed by atoms with Crippen LogP contribution in [0.4, 0.5) is 11.4 Å². The number of anilines is 2. The van der Waals surface area contributed by atoms with Gasteiger partial charge in [0.05, 0.1) is 0 Å². The number of hydrogen-bond donors (Lipinski definition) is 1. The molecule has 5 rings (SSSR count). The van der Waals surface area contributed by atoms with Gasteiger partial charge in [-0.1, -0.05) is 56.3 Å². The second kappa shape index (κ2) is 5.40. The molecule has 0 saturated carbocycles. The molecule has 1 nitrogen and oxygen atoms in total. The Hall–Kier alpha value is -2.19. The lowest BCUT2D eigenvalue weighted by Gasteiger charge is -2.28. The predicted molar refractivity (Wildman–Crippen MR) is 107 cm³/mol. The van der Waals surface area contributed by atoms with Crippen LogP contribution in [0.1, 0.15) is 41.7 Å². The summed E-state index contributed by atoms with van der Waals surface area (Å²) in [5, 5.41) is 4.08. The Kier molecular flexibility index (Phi) is 3.26. The van der Waals surface area contributed by atoms with Crippen LogP contribution in [-0.4, -0.2) is 0 Å². The van der Waals surface area contributed by atoms with Gasteiger partial charge < -0.3 is 5.32 Å². The maximum atomic E-state index is 3.55. The molecule has 1 heterocycles. The van der Waals surface area contributed by atoms with E-state index in [1.165, 1.54) is 27.3 Å². The second-order valence-corrected chi connectivity index (χ2v) is 8.75. The molecule has 1 aliphatic heterocycles. The Morgan fingerprint density at radius 3 is 2.40 bits per heavy atom. The van der Waals surface area contributed by atoms with Gasteiger partial charge in [-0.2, -0.15) is 0 Å². The molecular weight excluding hydrogens is 322 g/mol. The van der Waals surface area contributed by atoms with Crippen LogP contribution in [0.5, 0.6) is 0 Å². The first-order valence-corrected chi connectivity index (χ1v) is 9.74. The summed E-state index contributed by atoms with van der Waals surface area (Å²) in [6.07, 6.45) is 0. The van der Waals surface area contributed by atoms with Gasteiger partial charge in [0, 0.05) is 27.4 Å². The minimum absolute atomic E-state index is 0.172. The highest BCUT2D eigenvalue weighted by Crippen LogP contribution is 2.66. The molecule has 124 valence electrons. The van der Waals surface area contributed by atoms with Crippen LogP contribution in [-0.2, 0) is 5.41 Å². The topological polar surface area (TPSA) is 12.0 Å². The highest BCUT2D eigenvalue weighted by atomic mass is 32.2. The van der Waals surface area contributed by atoms with Crippen molar-refractivity contribution in [1.82, 2.24) is 0 Å². The summed E-state index contributed by atoms with van der Waals surface area (Å²) in [5.74, 6) is 0.565. The lowest BCUT2D eigenvalue weighted by molar-refractivity contribution is 0.446. The third-order valence-electron chi connectivity index (χ3n) is 5.70. The molecule has 0 spiro atoms. The van der Waals surface area contributed by atoms with Gasteiger partial charge in [-0.25, -0.2) is 0 Å². The average molecular weight is 343 g/mol. The molecule has 0 fully saturated rings. The number of para-hydroxylation sites is 1. The summed E-state index contributed by atoms with van der Waals surface area (Å²) in [7, 11) is 0. The molecule has 0 bridgehead atoms. The van der Waals surface area contributed by atoms with E-state index in [4.69, 9.17) is 0 Å². The fourth-order valence-electron chi connectivity index (χ4n) is 4.54. The third kappa shape index (κ3) is 2.24. The number of benzene rings is 3. The van der Waals surface area contributed by atoms with Crippen molar-refractivity contribution in [2.24, 2.45) is 0 Å². The molecule has 0 radical (unpaired) electrons. The van der Waals surface area contributed by atoms with Crippen molar-refractivity contribution in [3.8, 4) is 0 Å². The van der Waals surface area contributed by atoms with E-state index in [1.54, 1.807) is 0 Å². The number of thioether (sulfide) groups is 1. The zero-order valence-corrected chi connectivity index (χ0v) is 15.3. The highest BCUT2D eigenvalue weighted by molar-refractivity contribution is 8.00. The fourth-order valence-corrected chi connectivity index (χ4v) is 6.25.